The Labute approximate surface area is 158 Å². The van der Waals surface area contributed by atoms with Gasteiger partial charge in [-0.1, -0.05) is 18.2 Å². The average molecular weight is 362 g/mol. The highest BCUT2D eigenvalue weighted by atomic mass is 16.2. The molecule has 0 aliphatic carbocycles. The highest BCUT2D eigenvalue weighted by Crippen LogP contribution is 2.15. The van der Waals surface area contributed by atoms with Crippen LogP contribution in [0.2, 0.25) is 0 Å². The summed E-state index contributed by atoms with van der Waals surface area (Å²) in [5.74, 6) is 0. The van der Waals surface area contributed by atoms with Crippen LogP contribution in [0.3, 0.4) is 0 Å². The van der Waals surface area contributed by atoms with E-state index in [-0.39, 0.29) is 6.03 Å². The van der Waals surface area contributed by atoms with Crippen LogP contribution < -0.4 is 10.2 Å². The van der Waals surface area contributed by atoms with E-state index in [0.29, 0.717) is 19.6 Å². The van der Waals surface area contributed by atoms with Crippen molar-refractivity contribution in [3.63, 3.8) is 0 Å². The molecule has 0 spiro atoms. The Hall–Kier alpha value is -3.35. The molecular formula is C20H22N6O. The third-order valence-electron chi connectivity index (χ3n) is 4.70. The van der Waals surface area contributed by atoms with Crippen LogP contribution in [0.4, 0.5) is 10.5 Å². The van der Waals surface area contributed by atoms with Crippen LogP contribution in [0, 0.1) is 0 Å². The molecule has 138 valence electrons. The zero-order chi connectivity index (χ0) is 18.5. The summed E-state index contributed by atoms with van der Waals surface area (Å²) in [6.45, 7) is 3.53. The number of amides is 2. The zero-order valence-electron chi connectivity index (χ0n) is 15.0. The number of carbonyl (C=O) groups excluding carboxylic acids is 1. The molecule has 2 amide bonds. The number of pyridine rings is 1. The van der Waals surface area contributed by atoms with E-state index in [4.69, 9.17) is 0 Å². The number of nitrogens with zero attached hydrogens (tertiary/aromatic N) is 5. The van der Waals surface area contributed by atoms with Crippen LogP contribution in [0.1, 0.15) is 5.56 Å². The maximum atomic E-state index is 12.5. The Kier molecular flexibility index (Phi) is 5.00. The van der Waals surface area contributed by atoms with Gasteiger partial charge in [0.25, 0.3) is 0 Å². The fourth-order valence-corrected chi connectivity index (χ4v) is 3.19. The molecule has 0 bridgehead atoms. The number of hydrogen-bond donors (Lipinski definition) is 1. The molecule has 1 saturated heterocycles. The van der Waals surface area contributed by atoms with Gasteiger partial charge < -0.3 is 15.1 Å². The van der Waals surface area contributed by atoms with Crippen molar-refractivity contribution in [3.05, 3.63) is 72.8 Å². The Morgan fingerprint density at radius 3 is 2.44 bits per heavy atom. The summed E-state index contributed by atoms with van der Waals surface area (Å²) >= 11 is 0. The summed E-state index contributed by atoms with van der Waals surface area (Å²) in [4.78, 5) is 20.6. The number of aromatic nitrogens is 3. The van der Waals surface area contributed by atoms with Crippen molar-refractivity contribution in [3.8, 4) is 5.69 Å². The van der Waals surface area contributed by atoms with Crippen molar-refractivity contribution in [2.75, 3.05) is 31.1 Å². The first-order valence-corrected chi connectivity index (χ1v) is 9.06. The summed E-state index contributed by atoms with van der Waals surface area (Å²) in [6.07, 6.45) is 7.32. The quantitative estimate of drug-likeness (QED) is 0.773. The molecule has 2 aromatic heterocycles. The molecule has 7 heteroatoms. The molecule has 3 heterocycles. The van der Waals surface area contributed by atoms with Crippen LogP contribution in [0.5, 0.6) is 0 Å². The molecule has 1 aliphatic rings. The Morgan fingerprint density at radius 1 is 0.963 bits per heavy atom. The molecule has 0 saturated carbocycles. The molecule has 27 heavy (non-hydrogen) atoms. The van der Waals surface area contributed by atoms with Gasteiger partial charge in [-0.3, -0.25) is 4.98 Å². The van der Waals surface area contributed by atoms with Crippen LogP contribution in [-0.4, -0.2) is 51.9 Å². The largest absolute Gasteiger partial charge is 0.368 e. The lowest BCUT2D eigenvalue weighted by Crippen LogP contribution is -2.51. The molecule has 1 fully saturated rings. The van der Waals surface area contributed by atoms with Gasteiger partial charge in [0.05, 0.1) is 11.9 Å². The predicted octanol–water partition coefficient (Wildman–Crippen LogP) is 2.30. The topological polar surface area (TPSA) is 66.3 Å². The minimum Gasteiger partial charge on any atom is -0.368 e. The van der Waals surface area contributed by atoms with Crippen LogP contribution in [0.25, 0.3) is 5.69 Å². The number of para-hydroxylation sites is 1. The van der Waals surface area contributed by atoms with E-state index < -0.39 is 0 Å². The summed E-state index contributed by atoms with van der Waals surface area (Å²) in [5.41, 5.74) is 3.13. The number of carbonyl (C=O) groups is 1. The fourth-order valence-electron chi connectivity index (χ4n) is 3.19. The first kappa shape index (κ1) is 17.1. The standard InChI is InChI=1S/C20H22N6O/c27-20(25-12-10-24(11-13-25)18-6-8-21-9-7-18)22-14-17-15-23-26(16-17)19-4-2-1-3-5-19/h1-9,15-16H,10-14H2,(H,22,27). The molecule has 1 N–H and O–H groups in total. The van der Waals surface area contributed by atoms with Gasteiger partial charge in [-0.25, -0.2) is 9.48 Å². The van der Waals surface area contributed by atoms with Crippen molar-refractivity contribution in [2.24, 2.45) is 0 Å². The van der Waals surface area contributed by atoms with E-state index in [1.165, 1.54) is 0 Å². The van der Waals surface area contributed by atoms with E-state index in [2.05, 4.69) is 20.3 Å². The number of piperazine rings is 1. The monoisotopic (exact) mass is 362 g/mol. The molecule has 7 nitrogen and oxygen atoms in total. The van der Waals surface area contributed by atoms with Crippen LogP contribution in [-0.2, 0) is 6.54 Å². The third kappa shape index (κ3) is 4.08. The second-order valence-electron chi connectivity index (χ2n) is 6.47. The SMILES string of the molecule is O=C(NCc1cnn(-c2ccccc2)c1)N1CCN(c2ccncc2)CC1. The van der Waals surface area contributed by atoms with Crippen LogP contribution >= 0.6 is 0 Å². The van der Waals surface area contributed by atoms with E-state index in [1.807, 2.05) is 58.2 Å². The highest BCUT2D eigenvalue weighted by molar-refractivity contribution is 5.74. The van der Waals surface area contributed by atoms with E-state index >= 15 is 0 Å². The van der Waals surface area contributed by atoms with Gasteiger partial charge in [0.2, 0.25) is 0 Å². The Balaban J connectivity index is 1.27. The third-order valence-corrected chi connectivity index (χ3v) is 4.70. The Morgan fingerprint density at radius 2 is 1.70 bits per heavy atom. The van der Waals surface area contributed by atoms with Crippen molar-refractivity contribution in [2.45, 2.75) is 6.54 Å². The number of benzene rings is 1. The first-order chi connectivity index (χ1) is 13.3. The van der Waals surface area contributed by atoms with Crippen molar-refractivity contribution < 1.29 is 4.79 Å². The van der Waals surface area contributed by atoms with Gasteiger partial charge in [-0.15, -0.1) is 0 Å². The second kappa shape index (κ2) is 7.90. The van der Waals surface area contributed by atoms with Gasteiger partial charge in [-0.05, 0) is 24.3 Å². The van der Waals surface area contributed by atoms with E-state index in [1.54, 1.807) is 18.6 Å². The van der Waals surface area contributed by atoms with Crippen molar-refractivity contribution in [1.29, 1.82) is 0 Å². The minimum absolute atomic E-state index is 0.0307. The van der Waals surface area contributed by atoms with Crippen molar-refractivity contribution >= 4 is 11.7 Å². The summed E-state index contributed by atoms with van der Waals surface area (Å²) in [6, 6.07) is 13.9. The lowest BCUT2D eigenvalue weighted by atomic mass is 10.2. The maximum Gasteiger partial charge on any atom is 0.317 e. The van der Waals surface area contributed by atoms with Gasteiger partial charge in [0.1, 0.15) is 0 Å². The van der Waals surface area contributed by atoms with Crippen LogP contribution in [0.15, 0.2) is 67.3 Å². The molecule has 3 aromatic rings. The molecular weight excluding hydrogens is 340 g/mol. The number of nitrogens with one attached hydrogen (secondary N) is 1. The van der Waals surface area contributed by atoms with Crippen molar-refractivity contribution in [1.82, 2.24) is 25.0 Å². The molecule has 1 aromatic carbocycles. The molecule has 0 atom stereocenters. The number of rotatable bonds is 4. The predicted molar refractivity (Wildman–Crippen MR) is 104 cm³/mol. The molecule has 0 radical (unpaired) electrons. The Bertz CT molecular complexity index is 872. The first-order valence-electron chi connectivity index (χ1n) is 9.06. The lowest BCUT2D eigenvalue weighted by Gasteiger charge is -2.36. The van der Waals surface area contributed by atoms with Gasteiger partial charge in [-0.2, -0.15) is 5.10 Å². The van der Waals surface area contributed by atoms with Gasteiger partial charge >= 0.3 is 6.03 Å². The van der Waals surface area contributed by atoms with E-state index in [0.717, 1.165) is 30.0 Å². The minimum atomic E-state index is -0.0307. The number of urea groups is 1. The molecule has 4 rings (SSSR count). The molecule has 1 aliphatic heterocycles. The number of hydrogen-bond acceptors (Lipinski definition) is 4. The maximum absolute atomic E-state index is 12.5. The average Bonchev–Trinajstić information content (AvgIpc) is 3.22. The fraction of sp³-hybridized carbons (Fsp3) is 0.250. The van der Waals surface area contributed by atoms with Gasteiger partial charge in [0.15, 0.2) is 0 Å². The summed E-state index contributed by atoms with van der Waals surface area (Å²) < 4.78 is 1.81. The number of anilines is 1. The van der Waals surface area contributed by atoms with E-state index in [9.17, 15) is 4.79 Å². The summed E-state index contributed by atoms with van der Waals surface area (Å²) in [7, 11) is 0. The highest BCUT2D eigenvalue weighted by Gasteiger charge is 2.21. The zero-order valence-corrected chi connectivity index (χ0v) is 15.0. The van der Waals surface area contributed by atoms with Gasteiger partial charge in [0, 0.05) is 62.6 Å². The second-order valence-corrected chi connectivity index (χ2v) is 6.47. The normalized spacial score (nSPS) is 14.2. The summed E-state index contributed by atoms with van der Waals surface area (Å²) in [5, 5.41) is 7.35. The molecule has 0 unspecified atom stereocenters. The lowest BCUT2D eigenvalue weighted by molar-refractivity contribution is 0.194. The smallest absolute Gasteiger partial charge is 0.317 e.